The van der Waals surface area contributed by atoms with Crippen molar-refractivity contribution >= 4 is 5.91 Å². The van der Waals surface area contributed by atoms with Crippen LogP contribution < -0.4 is 5.32 Å². The van der Waals surface area contributed by atoms with E-state index in [4.69, 9.17) is 0 Å². The molecule has 0 bridgehead atoms. The average Bonchev–Trinajstić information content (AvgIpc) is 2.91. The summed E-state index contributed by atoms with van der Waals surface area (Å²) in [6, 6.07) is 9.94. The Morgan fingerprint density at radius 1 is 1.21 bits per heavy atom. The van der Waals surface area contributed by atoms with Gasteiger partial charge in [-0.15, -0.1) is 0 Å². The maximum Gasteiger partial charge on any atom is 0.251 e. The highest BCUT2D eigenvalue weighted by Gasteiger charge is 2.15. The number of rotatable bonds is 5. The van der Waals surface area contributed by atoms with E-state index in [1.54, 1.807) is 0 Å². The highest BCUT2D eigenvalue weighted by Crippen LogP contribution is 2.22. The van der Waals surface area contributed by atoms with Gasteiger partial charge in [0.05, 0.1) is 12.2 Å². The predicted molar refractivity (Wildman–Crippen MR) is 96.2 cm³/mol. The number of amides is 1. The van der Waals surface area contributed by atoms with Crippen LogP contribution in [0, 0.1) is 19.8 Å². The van der Waals surface area contributed by atoms with Crippen molar-refractivity contribution < 1.29 is 4.79 Å². The van der Waals surface area contributed by atoms with Gasteiger partial charge in [0.15, 0.2) is 0 Å². The molecule has 4 nitrogen and oxygen atoms in total. The summed E-state index contributed by atoms with van der Waals surface area (Å²) >= 11 is 0. The van der Waals surface area contributed by atoms with Gasteiger partial charge in [-0.05, 0) is 56.4 Å². The first-order chi connectivity index (χ1) is 11.6. The lowest BCUT2D eigenvalue weighted by Crippen LogP contribution is -2.30. The molecule has 1 saturated carbocycles. The smallest absolute Gasteiger partial charge is 0.251 e. The Labute approximate surface area is 144 Å². The molecule has 0 atom stereocenters. The second-order valence-corrected chi connectivity index (χ2v) is 7.00. The standard InChI is InChI=1S/C20H27N3O/c1-15-11-16(2)23(22-15)14-18-9-6-10-19(12-18)20(24)21-13-17-7-4-3-5-8-17/h6,9-12,17H,3-5,7-8,13-14H2,1-2H3,(H,21,24). The number of carbonyl (C=O) groups excluding carboxylic acids is 1. The fourth-order valence-corrected chi connectivity index (χ4v) is 3.55. The molecular formula is C20H27N3O. The second-order valence-electron chi connectivity index (χ2n) is 7.00. The summed E-state index contributed by atoms with van der Waals surface area (Å²) in [5, 5.41) is 7.61. The van der Waals surface area contributed by atoms with E-state index in [-0.39, 0.29) is 5.91 Å². The van der Waals surface area contributed by atoms with Crippen molar-refractivity contribution in [3.63, 3.8) is 0 Å². The molecule has 4 heteroatoms. The Hall–Kier alpha value is -2.10. The van der Waals surface area contributed by atoms with Crippen molar-refractivity contribution in [3.8, 4) is 0 Å². The monoisotopic (exact) mass is 325 g/mol. The largest absolute Gasteiger partial charge is 0.352 e. The van der Waals surface area contributed by atoms with E-state index >= 15 is 0 Å². The van der Waals surface area contributed by atoms with Crippen LogP contribution in [0.25, 0.3) is 0 Å². The van der Waals surface area contributed by atoms with Crippen molar-refractivity contribution in [2.75, 3.05) is 6.54 Å². The minimum absolute atomic E-state index is 0.0378. The van der Waals surface area contributed by atoms with E-state index in [0.29, 0.717) is 12.5 Å². The topological polar surface area (TPSA) is 46.9 Å². The third kappa shape index (κ3) is 4.25. The molecule has 0 radical (unpaired) electrons. The normalized spacial score (nSPS) is 15.4. The summed E-state index contributed by atoms with van der Waals surface area (Å²) < 4.78 is 1.98. The third-order valence-electron chi connectivity index (χ3n) is 4.90. The lowest BCUT2D eigenvalue weighted by molar-refractivity contribution is 0.0943. The molecule has 1 N–H and O–H groups in total. The quantitative estimate of drug-likeness (QED) is 0.907. The summed E-state index contributed by atoms with van der Waals surface area (Å²) in [4.78, 5) is 12.4. The van der Waals surface area contributed by atoms with Crippen LogP contribution in [-0.4, -0.2) is 22.2 Å². The number of nitrogens with one attached hydrogen (secondary N) is 1. The van der Waals surface area contributed by atoms with Crippen molar-refractivity contribution in [2.45, 2.75) is 52.5 Å². The fraction of sp³-hybridized carbons (Fsp3) is 0.500. The van der Waals surface area contributed by atoms with E-state index in [1.807, 2.05) is 35.9 Å². The number of hydrogen-bond acceptors (Lipinski definition) is 2. The summed E-state index contributed by atoms with van der Waals surface area (Å²) in [6.45, 7) is 5.56. The maximum atomic E-state index is 12.4. The first kappa shape index (κ1) is 16.7. The minimum Gasteiger partial charge on any atom is -0.352 e. The van der Waals surface area contributed by atoms with Crippen LogP contribution in [0.1, 0.15) is 59.4 Å². The molecule has 2 aromatic rings. The van der Waals surface area contributed by atoms with E-state index in [9.17, 15) is 4.79 Å². The molecule has 1 aliphatic rings. The summed E-state index contributed by atoms with van der Waals surface area (Å²) in [7, 11) is 0. The number of aromatic nitrogens is 2. The van der Waals surface area contributed by atoms with Crippen molar-refractivity contribution in [1.82, 2.24) is 15.1 Å². The molecule has 1 aromatic carbocycles. The van der Waals surface area contributed by atoms with E-state index in [2.05, 4.69) is 23.4 Å². The lowest BCUT2D eigenvalue weighted by atomic mass is 9.89. The van der Waals surface area contributed by atoms with Gasteiger partial charge in [0, 0.05) is 17.8 Å². The Morgan fingerprint density at radius 2 is 2.00 bits per heavy atom. The average molecular weight is 325 g/mol. The molecule has 0 aliphatic heterocycles. The predicted octanol–water partition coefficient (Wildman–Crippen LogP) is 3.86. The highest BCUT2D eigenvalue weighted by molar-refractivity contribution is 5.94. The number of benzene rings is 1. The van der Waals surface area contributed by atoms with Crippen LogP contribution in [0.15, 0.2) is 30.3 Å². The van der Waals surface area contributed by atoms with Crippen LogP contribution in [-0.2, 0) is 6.54 Å². The van der Waals surface area contributed by atoms with Gasteiger partial charge in [-0.25, -0.2) is 0 Å². The Bertz CT molecular complexity index is 699. The van der Waals surface area contributed by atoms with Gasteiger partial charge in [0.2, 0.25) is 0 Å². The van der Waals surface area contributed by atoms with Gasteiger partial charge in [-0.3, -0.25) is 9.48 Å². The molecule has 1 heterocycles. The SMILES string of the molecule is Cc1cc(C)n(Cc2cccc(C(=O)NCC3CCCCC3)c2)n1. The molecule has 0 saturated heterocycles. The number of carbonyl (C=O) groups is 1. The third-order valence-corrected chi connectivity index (χ3v) is 4.90. The number of hydrogen-bond donors (Lipinski definition) is 1. The number of aryl methyl sites for hydroxylation is 2. The van der Waals surface area contributed by atoms with Crippen LogP contribution in [0.3, 0.4) is 0 Å². The molecule has 1 fully saturated rings. The van der Waals surface area contributed by atoms with Crippen LogP contribution >= 0.6 is 0 Å². The van der Waals surface area contributed by atoms with Crippen molar-refractivity contribution in [3.05, 3.63) is 52.8 Å². The molecule has 1 aromatic heterocycles. The van der Waals surface area contributed by atoms with Gasteiger partial charge in [-0.2, -0.15) is 5.10 Å². The van der Waals surface area contributed by atoms with Crippen molar-refractivity contribution in [1.29, 1.82) is 0 Å². The zero-order valence-corrected chi connectivity index (χ0v) is 14.7. The first-order valence-corrected chi connectivity index (χ1v) is 9.00. The van der Waals surface area contributed by atoms with Gasteiger partial charge < -0.3 is 5.32 Å². The first-order valence-electron chi connectivity index (χ1n) is 9.00. The molecule has 0 spiro atoms. The molecule has 1 amide bonds. The van der Waals surface area contributed by atoms with Crippen LogP contribution in [0.4, 0.5) is 0 Å². The Kier molecular flexibility index (Phi) is 5.34. The molecule has 128 valence electrons. The molecule has 1 aliphatic carbocycles. The summed E-state index contributed by atoms with van der Waals surface area (Å²) in [5.74, 6) is 0.691. The van der Waals surface area contributed by atoms with Crippen molar-refractivity contribution in [2.24, 2.45) is 5.92 Å². The summed E-state index contributed by atoms with van der Waals surface area (Å²) in [5.41, 5.74) is 4.00. The lowest BCUT2D eigenvalue weighted by Gasteiger charge is -2.21. The zero-order chi connectivity index (χ0) is 16.9. The molecule has 3 rings (SSSR count). The molecule has 24 heavy (non-hydrogen) atoms. The molecule has 0 unspecified atom stereocenters. The van der Waals surface area contributed by atoms with Crippen LogP contribution in [0.5, 0.6) is 0 Å². The Morgan fingerprint density at radius 3 is 2.71 bits per heavy atom. The van der Waals surface area contributed by atoms with E-state index < -0.39 is 0 Å². The van der Waals surface area contributed by atoms with Crippen LogP contribution in [0.2, 0.25) is 0 Å². The second kappa shape index (κ2) is 7.65. The van der Waals surface area contributed by atoms with Gasteiger partial charge in [0.1, 0.15) is 0 Å². The molecular weight excluding hydrogens is 298 g/mol. The minimum atomic E-state index is 0.0378. The number of nitrogens with zero attached hydrogens (tertiary/aromatic N) is 2. The van der Waals surface area contributed by atoms with Gasteiger partial charge in [-0.1, -0.05) is 31.4 Å². The Balaban J connectivity index is 1.61. The highest BCUT2D eigenvalue weighted by atomic mass is 16.1. The fourth-order valence-electron chi connectivity index (χ4n) is 3.55. The van der Waals surface area contributed by atoms with Gasteiger partial charge >= 0.3 is 0 Å². The maximum absolute atomic E-state index is 12.4. The zero-order valence-electron chi connectivity index (χ0n) is 14.7. The van der Waals surface area contributed by atoms with E-state index in [1.165, 1.54) is 32.1 Å². The van der Waals surface area contributed by atoms with Gasteiger partial charge in [0.25, 0.3) is 5.91 Å². The van der Waals surface area contributed by atoms with E-state index in [0.717, 1.165) is 29.1 Å². The summed E-state index contributed by atoms with van der Waals surface area (Å²) in [6.07, 6.45) is 6.45.